The van der Waals surface area contributed by atoms with E-state index in [1.807, 2.05) is 31.3 Å². The van der Waals surface area contributed by atoms with Crippen molar-refractivity contribution in [3.05, 3.63) is 30.2 Å². The number of rotatable bonds is 5. The van der Waals surface area contributed by atoms with Crippen molar-refractivity contribution in [2.45, 2.75) is 25.4 Å². The molecule has 5 heteroatoms. The number of para-hydroxylation sites is 2. The van der Waals surface area contributed by atoms with Gasteiger partial charge in [0.05, 0.1) is 7.05 Å². The largest absolute Gasteiger partial charge is 0.435 e. The number of quaternary nitrogens is 1. The van der Waals surface area contributed by atoms with Crippen molar-refractivity contribution in [2.75, 3.05) is 13.6 Å². The maximum absolute atomic E-state index is 11.7. The van der Waals surface area contributed by atoms with E-state index in [0.717, 1.165) is 28.8 Å². The number of hydrogen-bond donors (Lipinski definition) is 2. The maximum Gasteiger partial charge on any atom is 0.275 e. The molecule has 100 valence electrons. The van der Waals surface area contributed by atoms with Crippen molar-refractivity contribution < 1.29 is 14.1 Å². The lowest BCUT2D eigenvalue weighted by atomic mass is 10.3. The number of nitrogens with zero attached hydrogens (tertiary/aromatic N) is 1. The van der Waals surface area contributed by atoms with Crippen LogP contribution >= 0.6 is 0 Å². The lowest BCUT2D eigenvalue weighted by Gasteiger charge is -2.11. The zero-order valence-electron chi connectivity index (χ0n) is 11.0. The highest BCUT2D eigenvalue weighted by Gasteiger charge is 2.24. The molecule has 1 aromatic carbocycles. The molecule has 0 aliphatic heterocycles. The van der Waals surface area contributed by atoms with Crippen LogP contribution in [0.5, 0.6) is 0 Å². The molecule has 5 nitrogen and oxygen atoms in total. The second-order valence-corrected chi connectivity index (χ2v) is 5.23. The number of benzene rings is 1. The van der Waals surface area contributed by atoms with Gasteiger partial charge in [-0.15, -0.1) is 0 Å². The molecule has 19 heavy (non-hydrogen) atoms. The average molecular weight is 260 g/mol. The Balaban J connectivity index is 1.58. The van der Waals surface area contributed by atoms with Crippen LogP contribution in [0.2, 0.25) is 0 Å². The zero-order valence-corrected chi connectivity index (χ0v) is 11.0. The van der Waals surface area contributed by atoms with Gasteiger partial charge in [-0.25, -0.2) is 4.98 Å². The molecule has 1 aliphatic carbocycles. The highest BCUT2D eigenvalue weighted by Crippen LogP contribution is 2.18. The van der Waals surface area contributed by atoms with Gasteiger partial charge in [0.25, 0.3) is 11.8 Å². The minimum absolute atomic E-state index is 0.108. The molecule has 0 spiro atoms. The number of oxazole rings is 1. The topological polar surface area (TPSA) is 59.6 Å². The Kier molecular flexibility index (Phi) is 3.21. The van der Waals surface area contributed by atoms with Gasteiger partial charge in [-0.05, 0) is 25.0 Å². The van der Waals surface area contributed by atoms with Crippen molar-refractivity contribution >= 4 is 17.0 Å². The van der Waals surface area contributed by atoms with Crippen LogP contribution in [-0.2, 0) is 11.3 Å². The van der Waals surface area contributed by atoms with E-state index in [-0.39, 0.29) is 5.91 Å². The molecule has 2 aromatic rings. The molecule has 1 aliphatic rings. The van der Waals surface area contributed by atoms with E-state index >= 15 is 0 Å². The fourth-order valence-corrected chi connectivity index (χ4v) is 2.10. The minimum Gasteiger partial charge on any atom is -0.435 e. The zero-order chi connectivity index (χ0) is 13.2. The van der Waals surface area contributed by atoms with Crippen LogP contribution in [0.1, 0.15) is 18.7 Å². The summed E-state index contributed by atoms with van der Waals surface area (Å²) < 4.78 is 5.65. The Labute approximate surface area is 111 Å². The van der Waals surface area contributed by atoms with Crippen molar-refractivity contribution in [3.63, 3.8) is 0 Å². The first-order chi connectivity index (χ1) is 9.20. The molecular weight excluding hydrogens is 242 g/mol. The van der Waals surface area contributed by atoms with Gasteiger partial charge < -0.3 is 14.6 Å². The van der Waals surface area contributed by atoms with Crippen LogP contribution in [0, 0.1) is 0 Å². The summed E-state index contributed by atoms with van der Waals surface area (Å²) >= 11 is 0. The SMILES string of the molecule is C[NH+](CC(=O)NC1CC1)Cc1nc2ccccc2o1. The van der Waals surface area contributed by atoms with E-state index in [9.17, 15) is 4.79 Å². The quantitative estimate of drug-likeness (QED) is 0.803. The molecule has 1 saturated carbocycles. The minimum atomic E-state index is 0.108. The van der Waals surface area contributed by atoms with Gasteiger partial charge in [-0.1, -0.05) is 12.1 Å². The number of likely N-dealkylation sites (N-methyl/N-ethyl adjacent to an activating group) is 1. The van der Waals surface area contributed by atoms with Crippen molar-refractivity contribution in [1.29, 1.82) is 0 Å². The summed E-state index contributed by atoms with van der Waals surface area (Å²) in [4.78, 5) is 17.2. The summed E-state index contributed by atoms with van der Waals surface area (Å²) in [5.41, 5.74) is 1.67. The molecule has 0 saturated heterocycles. The number of amides is 1. The third-order valence-electron chi connectivity index (χ3n) is 3.20. The second kappa shape index (κ2) is 5.01. The smallest absolute Gasteiger partial charge is 0.275 e. The monoisotopic (exact) mass is 260 g/mol. The van der Waals surface area contributed by atoms with E-state index in [1.54, 1.807) is 0 Å². The van der Waals surface area contributed by atoms with Crippen LogP contribution in [0.3, 0.4) is 0 Å². The molecule has 1 aromatic heterocycles. The highest BCUT2D eigenvalue weighted by molar-refractivity contribution is 5.77. The Morgan fingerprint density at radius 1 is 1.47 bits per heavy atom. The number of fused-ring (bicyclic) bond motifs is 1. The summed E-state index contributed by atoms with van der Waals surface area (Å²) in [5, 5.41) is 2.99. The van der Waals surface area contributed by atoms with Crippen molar-refractivity contribution in [2.24, 2.45) is 0 Å². The van der Waals surface area contributed by atoms with Gasteiger partial charge in [0.15, 0.2) is 18.7 Å². The summed E-state index contributed by atoms with van der Waals surface area (Å²) in [6, 6.07) is 8.12. The molecule has 1 amide bonds. The van der Waals surface area contributed by atoms with E-state index in [0.29, 0.717) is 25.0 Å². The van der Waals surface area contributed by atoms with E-state index < -0.39 is 0 Å². The molecule has 3 rings (SSSR count). The Hall–Kier alpha value is -1.88. The first kappa shape index (κ1) is 12.2. The molecule has 1 atom stereocenters. The van der Waals surface area contributed by atoms with Gasteiger partial charge in [0.1, 0.15) is 5.52 Å². The van der Waals surface area contributed by atoms with Crippen LogP contribution in [0.4, 0.5) is 0 Å². The van der Waals surface area contributed by atoms with Crippen molar-refractivity contribution in [3.8, 4) is 0 Å². The maximum atomic E-state index is 11.7. The van der Waals surface area contributed by atoms with Crippen LogP contribution in [0.25, 0.3) is 11.1 Å². The molecule has 1 fully saturated rings. The van der Waals surface area contributed by atoms with E-state index in [1.165, 1.54) is 0 Å². The van der Waals surface area contributed by atoms with Crippen molar-refractivity contribution in [1.82, 2.24) is 10.3 Å². The predicted octanol–water partition coefficient (Wildman–Crippen LogP) is 0.121. The molecule has 1 heterocycles. The highest BCUT2D eigenvalue weighted by atomic mass is 16.3. The lowest BCUT2D eigenvalue weighted by molar-refractivity contribution is -0.886. The number of hydrogen-bond acceptors (Lipinski definition) is 3. The number of carbonyl (C=O) groups is 1. The fourth-order valence-electron chi connectivity index (χ4n) is 2.10. The molecular formula is C14H18N3O2+. The normalized spacial score (nSPS) is 16.5. The number of aromatic nitrogens is 1. The van der Waals surface area contributed by atoms with Gasteiger partial charge in [-0.2, -0.15) is 0 Å². The fraction of sp³-hybridized carbons (Fsp3) is 0.429. The van der Waals surface area contributed by atoms with Gasteiger partial charge in [0, 0.05) is 6.04 Å². The molecule has 0 radical (unpaired) electrons. The third kappa shape index (κ3) is 3.12. The molecule has 1 unspecified atom stereocenters. The lowest BCUT2D eigenvalue weighted by Crippen LogP contribution is -3.09. The van der Waals surface area contributed by atoms with Gasteiger partial charge in [-0.3, -0.25) is 4.79 Å². The summed E-state index contributed by atoms with van der Waals surface area (Å²) in [5.74, 6) is 0.786. The third-order valence-corrected chi connectivity index (χ3v) is 3.20. The molecule has 2 N–H and O–H groups in total. The standard InChI is InChI=1S/C14H17N3O2/c1-17(8-13(18)15-10-6-7-10)9-14-16-11-4-2-3-5-12(11)19-14/h2-5,10H,6-9H2,1H3,(H,15,18)/p+1. The van der Waals surface area contributed by atoms with E-state index in [4.69, 9.17) is 4.42 Å². The Bertz CT molecular complexity index is 556. The molecule has 0 bridgehead atoms. The second-order valence-electron chi connectivity index (χ2n) is 5.23. The van der Waals surface area contributed by atoms with E-state index in [2.05, 4.69) is 10.3 Å². The average Bonchev–Trinajstić information content (AvgIpc) is 3.06. The predicted molar refractivity (Wildman–Crippen MR) is 70.6 cm³/mol. The summed E-state index contributed by atoms with van der Waals surface area (Å²) in [6.45, 7) is 1.07. The number of nitrogens with one attached hydrogen (secondary N) is 2. The van der Waals surface area contributed by atoms with Gasteiger partial charge >= 0.3 is 0 Å². The summed E-state index contributed by atoms with van der Waals surface area (Å²) in [6.07, 6.45) is 2.24. The van der Waals surface area contributed by atoms with Gasteiger partial charge in [0.2, 0.25) is 0 Å². The number of carbonyl (C=O) groups excluding carboxylic acids is 1. The summed E-state index contributed by atoms with van der Waals surface area (Å²) in [7, 11) is 1.97. The van der Waals surface area contributed by atoms with Crippen LogP contribution < -0.4 is 10.2 Å². The van der Waals surface area contributed by atoms with Crippen LogP contribution in [0.15, 0.2) is 28.7 Å². The Morgan fingerprint density at radius 3 is 3.00 bits per heavy atom. The first-order valence-corrected chi connectivity index (χ1v) is 6.66. The van der Waals surface area contributed by atoms with Crippen LogP contribution in [-0.4, -0.2) is 30.5 Å². The Morgan fingerprint density at radius 2 is 2.26 bits per heavy atom. The first-order valence-electron chi connectivity index (χ1n) is 6.66.